The molecule has 0 unspecified atom stereocenters. The van der Waals surface area contributed by atoms with E-state index in [0.717, 1.165) is 37.8 Å². The summed E-state index contributed by atoms with van der Waals surface area (Å²) in [4.78, 5) is 11.5. The summed E-state index contributed by atoms with van der Waals surface area (Å²) in [6.45, 7) is -0.471. The topological polar surface area (TPSA) is 50.4 Å². The van der Waals surface area contributed by atoms with Gasteiger partial charge in [0.1, 0.15) is 0 Å². The molecule has 118 valence electrons. The van der Waals surface area contributed by atoms with Crippen LogP contribution in [0.1, 0.15) is 32.6 Å². The standard InChI is InChI=1S/C14H19F3N2O2/c1-2-3-4-5-8-18-14(20)19-10-6-7-12(11(15)9-10)21-13(16)17/h6-7,9,13H,2-5,8H2,1H3,(H2,18,19,20). The molecule has 0 spiro atoms. The van der Waals surface area contributed by atoms with Crippen LogP contribution in [-0.4, -0.2) is 19.2 Å². The van der Waals surface area contributed by atoms with E-state index in [1.807, 2.05) is 0 Å². The molecule has 0 aliphatic rings. The van der Waals surface area contributed by atoms with E-state index in [1.54, 1.807) is 0 Å². The second kappa shape index (κ2) is 9.10. The van der Waals surface area contributed by atoms with Gasteiger partial charge in [0.25, 0.3) is 0 Å². The number of hydrogen-bond acceptors (Lipinski definition) is 2. The number of unbranched alkanes of at least 4 members (excludes halogenated alkanes) is 3. The van der Waals surface area contributed by atoms with Crippen LogP contribution in [0.5, 0.6) is 5.75 Å². The fourth-order valence-corrected chi connectivity index (χ4v) is 1.70. The second-order valence-corrected chi connectivity index (χ2v) is 4.47. The van der Waals surface area contributed by atoms with E-state index in [-0.39, 0.29) is 5.69 Å². The van der Waals surface area contributed by atoms with E-state index in [4.69, 9.17) is 0 Å². The Kier molecular flexibility index (Phi) is 7.42. The molecule has 0 aliphatic heterocycles. The molecular formula is C14H19F3N2O2. The molecule has 1 aromatic carbocycles. The van der Waals surface area contributed by atoms with Gasteiger partial charge in [0.05, 0.1) is 0 Å². The maximum Gasteiger partial charge on any atom is 0.387 e. The highest BCUT2D eigenvalue weighted by Crippen LogP contribution is 2.22. The number of anilines is 1. The molecule has 0 saturated carbocycles. The third-order valence-corrected chi connectivity index (χ3v) is 2.72. The maximum atomic E-state index is 13.4. The molecule has 7 heteroatoms. The van der Waals surface area contributed by atoms with Crippen molar-refractivity contribution in [3.63, 3.8) is 0 Å². The number of urea groups is 1. The lowest BCUT2D eigenvalue weighted by Gasteiger charge is -2.09. The number of carbonyl (C=O) groups is 1. The molecule has 2 amide bonds. The summed E-state index contributed by atoms with van der Waals surface area (Å²) >= 11 is 0. The molecule has 4 nitrogen and oxygen atoms in total. The van der Waals surface area contributed by atoms with Crippen LogP contribution in [0.3, 0.4) is 0 Å². The SMILES string of the molecule is CCCCCCNC(=O)Nc1ccc(OC(F)F)c(F)c1. The third-order valence-electron chi connectivity index (χ3n) is 2.72. The van der Waals surface area contributed by atoms with Crippen LogP contribution < -0.4 is 15.4 Å². The van der Waals surface area contributed by atoms with Crippen molar-refractivity contribution in [1.29, 1.82) is 0 Å². The van der Waals surface area contributed by atoms with Gasteiger partial charge in [0.15, 0.2) is 11.6 Å². The lowest BCUT2D eigenvalue weighted by Crippen LogP contribution is -2.29. The average molecular weight is 304 g/mol. The first-order valence-corrected chi connectivity index (χ1v) is 6.82. The molecular weight excluding hydrogens is 285 g/mol. The summed E-state index contributed by atoms with van der Waals surface area (Å²) < 4.78 is 41.3. The number of alkyl halides is 2. The van der Waals surface area contributed by atoms with Gasteiger partial charge in [-0.25, -0.2) is 9.18 Å². The van der Waals surface area contributed by atoms with Crippen LogP contribution in [0.2, 0.25) is 0 Å². The zero-order chi connectivity index (χ0) is 15.7. The molecule has 2 N–H and O–H groups in total. The van der Waals surface area contributed by atoms with Gasteiger partial charge < -0.3 is 15.4 Å². The van der Waals surface area contributed by atoms with Gasteiger partial charge in [-0.3, -0.25) is 0 Å². The van der Waals surface area contributed by atoms with E-state index >= 15 is 0 Å². The Hall–Kier alpha value is -1.92. The number of amides is 2. The number of ether oxygens (including phenoxy) is 1. The van der Waals surface area contributed by atoms with Crippen LogP contribution in [-0.2, 0) is 0 Å². The van der Waals surface area contributed by atoms with Gasteiger partial charge in [0.2, 0.25) is 0 Å². The molecule has 0 aliphatic carbocycles. The Morgan fingerprint density at radius 2 is 2.05 bits per heavy atom. The lowest BCUT2D eigenvalue weighted by molar-refractivity contribution is -0.0521. The van der Waals surface area contributed by atoms with E-state index < -0.39 is 24.2 Å². The van der Waals surface area contributed by atoms with Gasteiger partial charge in [-0.1, -0.05) is 26.2 Å². The van der Waals surface area contributed by atoms with Gasteiger partial charge in [-0.05, 0) is 18.6 Å². The summed E-state index contributed by atoms with van der Waals surface area (Å²) in [5.41, 5.74) is 0.167. The molecule has 0 atom stereocenters. The van der Waals surface area contributed by atoms with Crippen LogP contribution in [0.25, 0.3) is 0 Å². The minimum absolute atomic E-state index is 0.167. The van der Waals surface area contributed by atoms with Gasteiger partial charge in [-0.2, -0.15) is 8.78 Å². The van der Waals surface area contributed by atoms with Crippen molar-refractivity contribution in [3.05, 3.63) is 24.0 Å². The molecule has 0 aromatic heterocycles. The Morgan fingerprint density at radius 3 is 2.67 bits per heavy atom. The number of hydrogen-bond donors (Lipinski definition) is 2. The smallest absolute Gasteiger partial charge is 0.387 e. The first kappa shape index (κ1) is 17.1. The number of halogens is 3. The Morgan fingerprint density at radius 1 is 1.29 bits per heavy atom. The zero-order valence-corrected chi connectivity index (χ0v) is 11.8. The monoisotopic (exact) mass is 304 g/mol. The number of carbonyl (C=O) groups excluding carboxylic acids is 1. The van der Waals surface area contributed by atoms with Gasteiger partial charge in [-0.15, -0.1) is 0 Å². The summed E-state index contributed by atoms with van der Waals surface area (Å²) in [7, 11) is 0. The molecule has 0 heterocycles. The van der Waals surface area contributed by atoms with Crippen molar-refractivity contribution in [2.45, 2.75) is 39.2 Å². The fourth-order valence-electron chi connectivity index (χ4n) is 1.70. The average Bonchev–Trinajstić information content (AvgIpc) is 2.41. The summed E-state index contributed by atoms with van der Waals surface area (Å²) in [6.07, 6.45) is 4.13. The van der Waals surface area contributed by atoms with Crippen LogP contribution in [0, 0.1) is 5.82 Å². The Labute approximate surface area is 121 Å². The quantitative estimate of drug-likeness (QED) is 0.709. The van der Waals surface area contributed by atoms with Gasteiger partial charge in [0, 0.05) is 18.3 Å². The van der Waals surface area contributed by atoms with Crippen molar-refractivity contribution in [2.24, 2.45) is 0 Å². The first-order chi connectivity index (χ1) is 10.0. The van der Waals surface area contributed by atoms with Gasteiger partial charge >= 0.3 is 12.6 Å². The first-order valence-electron chi connectivity index (χ1n) is 6.82. The van der Waals surface area contributed by atoms with E-state index in [0.29, 0.717) is 6.54 Å². The van der Waals surface area contributed by atoms with Crippen molar-refractivity contribution in [1.82, 2.24) is 5.32 Å². The van der Waals surface area contributed by atoms with Crippen molar-refractivity contribution >= 4 is 11.7 Å². The van der Waals surface area contributed by atoms with E-state index in [2.05, 4.69) is 22.3 Å². The van der Waals surface area contributed by atoms with Crippen LogP contribution >= 0.6 is 0 Å². The highest BCUT2D eigenvalue weighted by atomic mass is 19.3. The lowest BCUT2D eigenvalue weighted by atomic mass is 10.2. The number of benzene rings is 1. The van der Waals surface area contributed by atoms with Crippen LogP contribution in [0.4, 0.5) is 23.7 Å². The van der Waals surface area contributed by atoms with E-state index in [9.17, 15) is 18.0 Å². The minimum atomic E-state index is -3.09. The minimum Gasteiger partial charge on any atom is -0.432 e. The predicted molar refractivity (Wildman–Crippen MR) is 74.2 cm³/mol. The highest BCUT2D eigenvalue weighted by molar-refractivity contribution is 5.89. The van der Waals surface area contributed by atoms with Crippen LogP contribution in [0.15, 0.2) is 18.2 Å². The normalized spacial score (nSPS) is 10.5. The molecule has 1 aromatic rings. The summed E-state index contributed by atoms with van der Waals surface area (Å²) in [5, 5.41) is 5.05. The molecule has 0 fully saturated rings. The molecule has 21 heavy (non-hydrogen) atoms. The Balaban J connectivity index is 2.40. The highest BCUT2D eigenvalue weighted by Gasteiger charge is 2.11. The van der Waals surface area contributed by atoms with Crippen molar-refractivity contribution in [2.75, 3.05) is 11.9 Å². The molecule has 0 saturated heterocycles. The van der Waals surface area contributed by atoms with Crippen molar-refractivity contribution < 1.29 is 22.7 Å². The maximum absolute atomic E-state index is 13.4. The second-order valence-electron chi connectivity index (χ2n) is 4.47. The number of nitrogens with one attached hydrogen (secondary N) is 2. The number of rotatable bonds is 8. The molecule has 0 bridgehead atoms. The largest absolute Gasteiger partial charge is 0.432 e. The zero-order valence-electron chi connectivity index (χ0n) is 11.8. The summed E-state index contributed by atoms with van der Waals surface area (Å²) in [5.74, 6) is -1.52. The van der Waals surface area contributed by atoms with Crippen molar-refractivity contribution in [3.8, 4) is 5.75 Å². The Bertz CT molecular complexity index is 456. The fraction of sp³-hybridized carbons (Fsp3) is 0.500. The van der Waals surface area contributed by atoms with E-state index in [1.165, 1.54) is 6.07 Å². The molecule has 1 rings (SSSR count). The summed E-state index contributed by atoms with van der Waals surface area (Å²) in [6, 6.07) is 2.79. The third kappa shape index (κ3) is 6.87. The predicted octanol–water partition coefficient (Wildman–Crippen LogP) is 4.13. The molecule has 0 radical (unpaired) electrons.